The van der Waals surface area contributed by atoms with Crippen molar-refractivity contribution in [2.75, 3.05) is 46.3 Å². The molecule has 0 aliphatic heterocycles. The molecule has 1 N–H and O–H groups in total. The minimum absolute atomic E-state index is 0.0510. The number of nitrogens with zero attached hydrogens (tertiary/aromatic N) is 6. The van der Waals surface area contributed by atoms with Gasteiger partial charge in [0.1, 0.15) is 12.7 Å². The third-order valence-corrected chi connectivity index (χ3v) is 2.10. The van der Waals surface area contributed by atoms with Crippen molar-refractivity contribution in [3.63, 3.8) is 0 Å². The SMILES string of the molecule is CN(C)/C=N/c1nc(N(C)C)nc(OCCO)c1C#N. The lowest BCUT2D eigenvalue weighted by atomic mass is 10.3. The molecule has 1 aromatic rings. The number of aliphatic hydroxyl groups is 1. The topological polar surface area (TPSA) is 97.9 Å². The van der Waals surface area contributed by atoms with Gasteiger partial charge in [-0.3, -0.25) is 0 Å². The Morgan fingerprint density at radius 3 is 2.55 bits per heavy atom. The highest BCUT2D eigenvalue weighted by molar-refractivity contribution is 5.65. The highest BCUT2D eigenvalue weighted by Crippen LogP contribution is 2.26. The average molecular weight is 278 g/mol. The summed E-state index contributed by atoms with van der Waals surface area (Å²) < 4.78 is 5.28. The van der Waals surface area contributed by atoms with Gasteiger partial charge in [-0.2, -0.15) is 15.2 Å². The van der Waals surface area contributed by atoms with Crippen LogP contribution < -0.4 is 9.64 Å². The van der Waals surface area contributed by atoms with Gasteiger partial charge in [0.15, 0.2) is 11.4 Å². The molecule has 0 bridgehead atoms. The van der Waals surface area contributed by atoms with Gasteiger partial charge in [0.25, 0.3) is 0 Å². The largest absolute Gasteiger partial charge is 0.474 e. The Morgan fingerprint density at radius 1 is 1.35 bits per heavy atom. The van der Waals surface area contributed by atoms with Gasteiger partial charge in [0, 0.05) is 28.2 Å². The Kier molecular flexibility index (Phi) is 5.68. The van der Waals surface area contributed by atoms with E-state index in [9.17, 15) is 5.26 Å². The van der Waals surface area contributed by atoms with Crippen LogP contribution in [0.4, 0.5) is 11.8 Å². The summed E-state index contributed by atoms with van der Waals surface area (Å²) in [5, 5.41) is 18.0. The Labute approximate surface area is 118 Å². The number of nitriles is 1. The van der Waals surface area contributed by atoms with Crippen LogP contribution in [-0.4, -0.2) is 67.7 Å². The zero-order chi connectivity index (χ0) is 15.1. The predicted octanol–water partition coefficient (Wildman–Crippen LogP) is 0.00678. The van der Waals surface area contributed by atoms with Crippen molar-refractivity contribution in [2.45, 2.75) is 0 Å². The van der Waals surface area contributed by atoms with Crippen molar-refractivity contribution in [3.05, 3.63) is 5.56 Å². The molecular formula is C12H18N6O2. The first kappa shape index (κ1) is 15.7. The summed E-state index contributed by atoms with van der Waals surface area (Å²) in [6.07, 6.45) is 1.54. The van der Waals surface area contributed by atoms with E-state index in [0.717, 1.165) is 0 Å². The molecule has 0 amide bonds. The lowest BCUT2D eigenvalue weighted by Crippen LogP contribution is -2.15. The van der Waals surface area contributed by atoms with Crippen molar-refractivity contribution in [1.29, 1.82) is 5.26 Å². The molecule has 0 unspecified atom stereocenters. The highest BCUT2D eigenvalue weighted by Gasteiger charge is 2.16. The minimum Gasteiger partial charge on any atom is -0.474 e. The molecule has 1 rings (SSSR count). The van der Waals surface area contributed by atoms with Crippen LogP contribution in [0, 0.1) is 11.3 Å². The molecule has 0 atom stereocenters. The van der Waals surface area contributed by atoms with Crippen LogP contribution in [0.3, 0.4) is 0 Å². The molecule has 0 saturated carbocycles. The zero-order valence-electron chi connectivity index (χ0n) is 12.0. The van der Waals surface area contributed by atoms with Crippen molar-refractivity contribution >= 4 is 18.1 Å². The predicted molar refractivity (Wildman–Crippen MR) is 75.5 cm³/mol. The number of aromatic nitrogens is 2. The molecule has 20 heavy (non-hydrogen) atoms. The molecular weight excluding hydrogens is 260 g/mol. The maximum atomic E-state index is 9.22. The zero-order valence-corrected chi connectivity index (χ0v) is 12.0. The van der Waals surface area contributed by atoms with Gasteiger partial charge in [-0.1, -0.05) is 0 Å². The van der Waals surface area contributed by atoms with Crippen LogP contribution in [0.1, 0.15) is 5.56 Å². The summed E-state index contributed by atoms with van der Waals surface area (Å²) in [5.74, 6) is 0.724. The summed E-state index contributed by atoms with van der Waals surface area (Å²) >= 11 is 0. The number of aliphatic imine (C=N–C) groups is 1. The second-order valence-corrected chi connectivity index (χ2v) is 4.31. The lowest BCUT2D eigenvalue weighted by Gasteiger charge is -2.14. The van der Waals surface area contributed by atoms with Crippen LogP contribution in [0.15, 0.2) is 4.99 Å². The van der Waals surface area contributed by atoms with E-state index < -0.39 is 0 Å². The molecule has 8 nitrogen and oxygen atoms in total. The normalized spacial score (nSPS) is 10.4. The van der Waals surface area contributed by atoms with Gasteiger partial charge in [0.2, 0.25) is 11.8 Å². The first-order valence-corrected chi connectivity index (χ1v) is 5.93. The van der Waals surface area contributed by atoms with E-state index in [2.05, 4.69) is 15.0 Å². The number of anilines is 1. The van der Waals surface area contributed by atoms with Crippen molar-refractivity contribution in [3.8, 4) is 11.9 Å². The second kappa shape index (κ2) is 7.25. The number of hydrogen-bond acceptors (Lipinski definition) is 7. The quantitative estimate of drug-likeness (QED) is 0.578. The van der Waals surface area contributed by atoms with Crippen LogP contribution in [0.25, 0.3) is 0 Å². The molecule has 1 heterocycles. The Balaban J connectivity index is 3.31. The number of hydrogen-bond donors (Lipinski definition) is 1. The summed E-state index contributed by atoms with van der Waals surface area (Å²) in [4.78, 5) is 15.9. The fourth-order valence-electron chi connectivity index (χ4n) is 1.23. The molecule has 8 heteroatoms. The van der Waals surface area contributed by atoms with Crippen LogP contribution in [0.2, 0.25) is 0 Å². The Hall–Kier alpha value is -2.40. The molecule has 0 saturated heterocycles. The second-order valence-electron chi connectivity index (χ2n) is 4.31. The average Bonchev–Trinajstić information content (AvgIpc) is 2.41. The van der Waals surface area contributed by atoms with E-state index in [-0.39, 0.29) is 30.5 Å². The first-order chi connectivity index (χ1) is 9.49. The highest BCUT2D eigenvalue weighted by atomic mass is 16.5. The molecule has 0 radical (unpaired) electrons. The molecule has 0 fully saturated rings. The van der Waals surface area contributed by atoms with E-state index >= 15 is 0 Å². The summed E-state index contributed by atoms with van der Waals surface area (Å²) in [5.41, 5.74) is 0.141. The van der Waals surface area contributed by atoms with Crippen LogP contribution in [-0.2, 0) is 0 Å². The van der Waals surface area contributed by atoms with Crippen LogP contribution >= 0.6 is 0 Å². The molecule has 0 aliphatic carbocycles. The van der Waals surface area contributed by atoms with E-state index in [4.69, 9.17) is 9.84 Å². The fourth-order valence-corrected chi connectivity index (χ4v) is 1.23. The molecule has 0 spiro atoms. The molecule has 0 aliphatic rings. The van der Waals surface area contributed by atoms with Gasteiger partial charge in [0.05, 0.1) is 12.9 Å². The van der Waals surface area contributed by atoms with Gasteiger partial charge >= 0.3 is 0 Å². The fraction of sp³-hybridized carbons (Fsp3) is 0.500. The summed E-state index contributed by atoms with van der Waals surface area (Å²) in [7, 11) is 7.17. The smallest absolute Gasteiger partial charge is 0.239 e. The Bertz CT molecular complexity index is 521. The molecule has 108 valence electrons. The van der Waals surface area contributed by atoms with Crippen molar-refractivity contribution in [2.24, 2.45) is 4.99 Å². The lowest BCUT2D eigenvalue weighted by molar-refractivity contribution is 0.196. The molecule has 1 aromatic heterocycles. The standard InChI is InChI=1S/C12H18N6O2/c1-17(2)8-14-10-9(7-13)11(20-6-5-19)16-12(15-10)18(3)4/h8,19H,5-6H2,1-4H3/b14-8+. The maximum Gasteiger partial charge on any atom is 0.239 e. The summed E-state index contributed by atoms with van der Waals surface area (Å²) in [6, 6.07) is 1.98. The number of ether oxygens (including phenoxy) is 1. The van der Waals surface area contributed by atoms with Crippen molar-refractivity contribution < 1.29 is 9.84 Å². The third-order valence-electron chi connectivity index (χ3n) is 2.10. The first-order valence-electron chi connectivity index (χ1n) is 5.93. The van der Waals surface area contributed by atoms with Crippen LogP contribution in [0.5, 0.6) is 5.88 Å². The molecule has 0 aromatic carbocycles. The van der Waals surface area contributed by atoms with E-state index in [1.165, 1.54) is 0 Å². The van der Waals surface area contributed by atoms with Gasteiger partial charge in [-0.25, -0.2) is 4.99 Å². The van der Waals surface area contributed by atoms with E-state index in [1.807, 2.05) is 20.2 Å². The van der Waals surface area contributed by atoms with Crippen molar-refractivity contribution in [1.82, 2.24) is 14.9 Å². The summed E-state index contributed by atoms with van der Waals surface area (Å²) in [6.45, 7) is -0.113. The maximum absolute atomic E-state index is 9.22. The Morgan fingerprint density at radius 2 is 2.05 bits per heavy atom. The van der Waals surface area contributed by atoms with Gasteiger partial charge < -0.3 is 19.6 Å². The number of rotatable bonds is 6. The minimum atomic E-state index is -0.164. The van der Waals surface area contributed by atoms with Gasteiger partial charge in [-0.05, 0) is 0 Å². The van der Waals surface area contributed by atoms with E-state index in [1.54, 1.807) is 30.2 Å². The third kappa shape index (κ3) is 4.07. The van der Waals surface area contributed by atoms with Gasteiger partial charge in [-0.15, -0.1) is 0 Å². The number of aliphatic hydroxyl groups excluding tert-OH is 1. The van der Waals surface area contributed by atoms with E-state index in [0.29, 0.717) is 5.95 Å². The monoisotopic (exact) mass is 278 g/mol.